The normalized spacial score (nSPS) is 16.6. The summed E-state index contributed by atoms with van der Waals surface area (Å²) in [6, 6.07) is 5.59. The fourth-order valence-electron chi connectivity index (χ4n) is 2.73. The van der Waals surface area contributed by atoms with E-state index in [2.05, 4.69) is 4.90 Å². The van der Waals surface area contributed by atoms with Crippen molar-refractivity contribution in [2.45, 2.75) is 38.3 Å². The summed E-state index contributed by atoms with van der Waals surface area (Å²) in [4.78, 5) is 2.17. The van der Waals surface area contributed by atoms with Crippen molar-refractivity contribution in [2.75, 3.05) is 18.9 Å². The van der Waals surface area contributed by atoms with Gasteiger partial charge in [0.1, 0.15) is 0 Å². The standard InChI is InChI=1S/C14H21FN2O/c15-14-11(4-3-7-13(14)16)10-17(8-9-18)12-5-1-2-6-12/h3-4,7,12,18H,1-2,5-6,8-10,16H2. The predicted octanol–water partition coefficient (Wildman–Crippen LogP) is 2.14. The van der Waals surface area contributed by atoms with Gasteiger partial charge in [0.25, 0.3) is 0 Å². The van der Waals surface area contributed by atoms with Gasteiger partial charge in [0, 0.05) is 24.7 Å². The molecule has 0 atom stereocenters. The van der Waals surface area contributed by atoms with E-state index in [1.165, 1.54) is 12.8 Å². The predicted molar refractivity (Wildman–Crippen MR) is 70.6 cm³/mol. The smallest absolute Gasteiger partial charge is 0.150 e. The molecule has 0 bridgehead atoms. The minimum atomic E-state index is -0.321. The number of hydrogen-bond acceptors (Lipinski definition) is 3. The number of hydrogen-bond donors (Lipinski definition) is 2. The first-order valence-corrected chi connectivity index (χ1v) is 6.60. The van der Waals surface area contributed by atoms with Gasteiger partial charge in [-0.2, -0.15) is 0 Å². The van der Waals surface area contributed by atoms with Gasteiger partial charge >= 0.3 is 0 Å². The Morgan fingerprint density at radius 2 is 2.06 bits per heavy atom. The number of nitrogens with zero attached hydrogens (tertiary/aromatic N) is 1. The Morgan fingerprint density at radius 1 is 1.33 bits per heavy atom. The van der Waals surface area contributed by atoms with Crippen molar-refractivity contribution in [3.05, 3.63) is 29.6 Å². The second-order valence-electron chi connectivity index (χ2n) is 4.95. The van der Waals surface area contributed by atoms with Gasteiger partial charge in [0.2, 0.25) is 0 Å². The SMILES string of the molecule is Nc1cccc(CN(CCO)C2CCCC2)c1F. The summed E-state index contributed by atoms with van der Waals surface area (Å²) in [6.07, 6.45) is 4.74. The molecule has 1 saturated carbocycles. The van der Waals surface area contributed by atoms with Gasteiger partial charge in [0.05, 0.1) is 12.3 Å². The van der Waals surface area contributed by atoms with Crippen LogP contribution in [0.2, 0.25) is 0 Å². The minimum absolute atomic E-state index is 0.112. The van der Waals surface area contributed by atoms with Crippen molar-refractivity contribution in [3.63, 3.8) is 0 Å². The summed E-state index contributed by atoms with van der Waals surface area (Å²) in [5.74, 6) is -0.321. The maximum absolute atomic E-state index is 13.9. The summed E-state index contributed by atoms with van der Waals surface area (Å²) >= 11 is 0. The molecule has 0 aromatic heterocycles. The molecule has 0 aliphatic heterocycles. The summed E-state index contributed by atoms with van der Waals surface area (Å²) in [5, 5.41) is 9.14. The molecule has 0 amide bonds. The summed E-state index contributed by atoms with van der Waals surface area (Å²) in [7, 11) is 0. The van der Waals surface area contributed by atoms with Crippen LogP contribution in [0.5, 0.6) is 0 Å². The van der Waals surface area contributed by atoms with Crippen molar-refractivity contribution in [2.24, 2.45) is 0 Å². The summed E-state index contributed by atoms with van der Waals surface area (Å²) in [6.45, 7) is 1.24. The topological polar surface area (TPSA) is 49.5 Å². The molecule has 100 valence electrons. The molecule has 18 heavy (non-hydrogen) atoms. The molecular weight excluding hydrogens is 231 g/mol. The Balaban J connectivity index is 2.10. The van der Waals surface area contributed by atoms with E-state index in [4.69, 9.17) is 10.8 Å². The van der Waals surface area contributed by atoms with Crippen LogP contribution in [0.15, 0.2) is 18.2 Å². The van der Waals surface area contributed by atoms with Crippen molar-refractivity contribution in [1.29, 1.82) is 0 Å². The molecule has 0 radical (unpaired) electrons. The van der Waals surface area contributed by atoms with E-state index in [1.54, 1.807) is 18.2 Å². The lowest BCUT2D eigenvalue weighted by Gasteiger charge is -2.28. The summed E-state index contributed by atoms with van der Waals surface area (Å²) in [5.41, 5.74) is 6.40. The molecule has 1 aromatic carbocycles. The molecule has 1 aromatic rings. The van der Waals surface area contributed by atoms with Crippen molar-refractivity contribution in [1.82, 2.24) is 4.90 Å². The van der Waals surface area contributed by atoms with Gasteiger partial charge in [-0.15, -0.1) is 0 Å². The lowest BCUT2D eigenvalue weighted by molar-refractivity contribution is 0.143. The number of aliphatic hydroxyl groups excluding tert-OH is 1. The van der Waals surface area contributed by atoms with Gasteiger partial charge in [-0.1, -0.05) is 25.0 Å². The third-order valence-electron chi connectivity index (χ3n) is 3.71. The van der Waals surface area contributed by atoms with Crippen LogP contribution in [0.25, 0.3) is 0 Å². The number of anilines is 1. The van der Waals surface area contributed by atoms with Crippen molar-refractivity contribution < 1.29 is 9.50 Å². The maximum atomic E-state index is 13.9. The largest absolute Gasteiger partial charge is 0.396 e. The number of nitrogen functional groups attached to an aromatic ring is 1. The van der Waals surface area contributed by atoms with Crippen LogP contribution >= 0.6 is 0 Å². The zero-order valence-electron chi connectivity index (χ0n) is 10.6. The van der Waals surface area contributed by atoms with Crippen LogP contribution in [0.4, 0.5) is 10.1 Å². The highest BCUT2D eigenvalue weighted by molar-refractivity contribution is 5.42. The Kier molecular flexibility index (Phi) is 4.55. The average molecular weight is 252 g/mol. The molecule has 0 heterocycles. The quantitative estimate of drug-likeness (QED) is 0.789. The average Bonchev–Trinajstić information content (AvgIpc) is 2.88. The van der Waals surface area contributed by atoms with Crippen molar-refractivity contribution in [3.8, 4) is 0 Å². The second kappa shape index (κ2) is 6.16. The molecule has 1 aliphatic carbocycles. The van der Waals surface area contributed by atoms with E-state index < -0.39 is 0 Å². The van der Waals surface area contributed by atoms with Gasteiger partial charge in [0.15, 0.2) is 5.82 Å². The van der Waals surface area contributed by atoms with E-state index in [0.29, 0.717) is 24.7 Å². The molecule has 3 nitrogen and oxygen atoms in total. The first-order valence-electron chi connectivity index (χ1n) is 6.60. The van der Waals surface area contributed by atoms with E-state index in [1.807, 2.05) is 0 Å². The summed E-state index contributed by atoms with van der Waals surface area (Å²) < 4.78 is 13.9. The van der Waals surface area contributed by atoms with E-state index in [0.717, 1.165) is 12.8 Å². The lowest BCUT2D eigenvalue weighted by atomic mass is 10.1. The van der Waals surface area contributed by atoms with Crippen LogP contribution in [0.3, 0.4) is 0 Å². The monoisotopic (exact) mass is 252 g/mol. The number of halogens is 1. The van der Waals surface area contributed by atoms with Crippen LogP contribution in [-0.4, -0.2) is 29.2 Å². The minimum Gasteiger partial charge on any atom is -0.396 e. The number of benzene rings is 1. The third kappa shape index (κ3) is 3.00. The Hall–Kier alpha value is -1.13. The van der Waals surface area contributed by atoms with Crippen molar-refractivity contribution >= 4 is 5.69 Å². The number of nitrogens with two attached hydrogens (primary N) is 1. The Bertz CT molecular complexity index is 391. The number of rotatable bonds is 5. The van der Waals surface area contributed by atoms with Gasteiger partial charge in [-0.3, -0.25) is 4.90 Å². The zero-order valence-corrected chi connectivity index (χ0v) is 10.6. The maximum Gasteiger partial charge on any atom is 0.150 e. The Labute approximate surface area is 107 Å². The second-order valence-corrected chi connectivity index (χ2v) is 4.95. The van der Waals surface area contributed by atoms with Crippen LogP contribution < -0.4 is 5.73 Å². The van der Waals surface area contributed by atoms with Gasteiger partial charge in [-0.05, 0) is 18.9 Å². The molecule has 0 unspecified atom stereocenters. The lowest BCUT2D eigenvalue weighted by Crippen LogP contribution is -2.35. The highest BCUT2D eigenvalue weighted by Gasteiger charge is 2.23. The van der Waals surface area contributed by atoms with Gasteiger partial charge in [-0.25, -0.2) is 4.39 Å². The molecule has 0 spiro atoms. The molecule has 0 saturated heterocycles. The number of aliphatic hydroxyl groups is 1. The third-order valence-corrected chi connectivity index (χ3v) is 3.71. The van der Waals surface area contributed by atoms with E-state index >= 15 is 0 Å². The van der Waals surface area contributed by atoms with E-state index in [9.17, 15) is 4.39 Å². The van der Waals surface area contributed by atoms with Gasteiger partial charge < -0.3 is 10.8 Å². The molecule has 3 N–H and O–H groups in total. The van der Waals surface area contributed by atoms with Crippen LogP contribution in [0.1, 0.15) is 31.2 Å². The van der Waals surface area contributed by atoms with Crippen LogP contribution in [0, 0.1) is 5.82 Å². The molecule has 2 rings (SSSR count). The first kappa shape index (κ1) is 13.3. The molecule has 1 fully saturated rings. The highest BCUT2D eigenvalue weighted by atomic mass is 19.1. The zero-order chi connectivity index (χ0) is 13.0. The highest BCUT2D eigenvalue weighted by Crippen LogP contribution is 2.26. The Morgan fingerprint density at radius 3 is 2.72 bits per heavy atom. The van der Waals surface area contributed by atoms with E-state index in [-0.39, 0.29) is 18.1 Å². The fraction of sp³-hybridized carbons (Fsp3) is 0.571. The molecular formula is C14H21FN2O. The van der Waals surface area contributed by atoms with Crippen LogP contribution in [-0.2, 0) is 6.54 Å². The molecule has 1 aliphatic rings. The fourth-order valence-corrected chi connectivity index (χ4v) is 2.73. The molecule has 4 heteroatoms. The first-order chi connectivity index (χ1) is 8.72.